The Kier molecular flexibility index (Phi) is 5.65. The smallest absolute Gasteiger partial charge is 0.324 e. The van der Waals surface area contributed by atoms with Gasteiger partial charge in [0.2, 0.25) is 0 Å². The maximum Gasteiger partial charge on any atom is 0.324 e. The molecule has 4 heteroatoms. The highest BCUT2D eigenvalue weighted by Gasteiger charge is 2.17. The zero-order valence-electron chi connectivity index (χ0n) is 11.2. The number of hydrogen-bond donors (Lipinski definition) is 2. The molecule has 1 aromatic carbocycles. The lowest BCUT2D eigenvalue weighted by Gasteiger charge is -2.16. The predicted molar refractivity (Wildman–Crippen MR) is 71.1 cm³/mol. The van der Waals surface area contributed by atoms with E-state index < -0.39 is 12.0 Å². The Balaban J connectivity index is 2.58. The summed E-state index contributed by atoms with van der Waals surface area (Å²) in [4.78, 5) is 11.0. The normalized spacial score (nSPS) is 12.2. The molecule has 0 fully saturated rings. The number of carboxylic acid groups (broad SMARTS) is 1. The topological polar surface area (TPSA) is 58.6 Å². The minimum atomic E-state index is -0.881. The van der Waals surface area contributed by atoms with Crippen LogP contribution in [0.1, 0.15) is 24.5 Å². The second kappa shape index (κ2) is 7.01. The summed E-state index contributed by atoms with van der Waals surface area (Å²) in [6.07, 6.45) is 0.896. The van der Waals surface area contributed by atoms with Crippen molar-refractivity contribution in [2.24, 2.45) is 0 Å². The molecule has 0 radical (unpaired) electrons. The fourth-order valence-corrected chi connectivity index (χ4v) is 1.67. The van der Waals surface area contributed by atoms with Crippen LogP contribution in [0.25, 0.3) is 0 Å². The molecular weight excluding hydrogens is 230 g/mol. The van der Waals surface area contributed by atoms with Crippen LogP contribution in [0.2, 0.25) is 0 Å². The summed E-state index contributed by atoms with van der Waals surface area (Å²) in [6, 6.07) is 5.19. The van der Waals surface area contributed by atoms with Crippen LogP contribution in [-0.4, -0.2) is 30.3 Å². The van der Waals surface area contributed by atoms with Crippen molar-refractivity contribution >= 4 is 5.97 Å². The van der Waals surface area contributed by atoms with Gasteiger partial charge in [-0.25, -0.2) is 0 Å². The highest BCUT2D eigenvalue weighted by molar-refractivity contribution is 5.73. The SMILES string of the molecule is CCCNC(COc1ccc(C)cc1C)C(=O)O. The molecule has 0 heterocycles. The lowest BCUT2D eigenvalue weighted by atomic mass is 10.1. The van der Waals surface area contributed by atoms with Crippen LogP contribution in [0.5, 0.6) is 5.75 Å². The Morgan fingerprint density at radius 3 is 2.72 bits per heavy atom. The third-order valence-electron chi connectivity index (χ3n) is 2.67. The van der Waals surface area contributed by atoms with Crippen molar-refractivity contribution in [3.63, 3.8) is 0 Å². The molecule has 1 rings (SSSR count). The second-order valence-corrected chi connectivity index (χ2v) is 4.42. The molecule has 0 aliphatic heterocycles. The standard InChI is InChI=1S/C14H21NO3/c1-4-7-15-12(14(16)17)9-18-13-6-5-10(2)8-11(13)3/h5-6,8,12,15H,4,7,9H2,1-3H3,(H,16,17). The zero-order chi connectivity index (χ0) is 13.5. The van der Waals surface area contributed by atoms with Crippen LogP contribution in [0.15, 0.2) is 18.2 Å². The second-order valence-electron chi connectivity index (χ2n) is 4.42. The van der Waals surface area contributed by atoms with Gasteiger partial charge in [-0.2, -0.15) is 0 Å². The number of nitrogens with one attached hydrogen (secondary N) is 1. The summed E-state index contributed by atoms with van der Waals surface area (Å²) in [5, 5.41) is 12.0. The lowest BCUT2D eigenvalue weighted by Crippen LogP contribution is -2.41. The molecule has 0 aliphatic rings. The highest BCUT2D eigenvalue weighted by Crippen LogP contribution is 2.18. The van der Waals surface area contributed by atoms with Gasteiger partial charge in [-0.1, -0.05) is 24.6 Å². The van der Waals surface area contributed by atoms with E-state index in [1.807, 2.05) is 39.0 Å². The van der Waals surface area contributed by atoms with Gasteiger partial charge in [-0.15, -0.1) is 0 Å². The van der Waals surface area contributed by atoms with Crippen molar-refractivity contribution in [3.05, 3.63) is 29.3 Å². The molecule has 0 aliphatic carbocycles. The van der Waals surface area contributed by atoms with Gasteiger partial charge in [0.1, 0.15) is 18.4 Å². The molecule has 4 nitrogen and oxygen atoms in total. The Morgan fingerprint density at radius 1 is 1.44 bits per heavy atom. The van der Waals surface area contributed by atoms with Crippen LogP contribution in [0.4, 0.5) is 0 Å². The van der Waals surface area contributed by atoms with Gasteiger partial charge in [0.15, 0.2) is 0 Å². The Bertz CT molecular complexity index is 404. The zero-order valence-corrected chi connectivity index (χ0v) is 11.2. The van der Waals surface area contributed by atoms with E-state index in [1.165, 1.54) is 5.56 Å². The fraction of sp³-hybridized carbons (Fsp3) is 0.500. The first kappa shape index (κ1) is 14.5. The molecule has 0 aromatic heterocycles. The molecule has 100 valence electrons. The summed E-state index contributed by atoms with van der Waals surface area (Å²) in [5.41, 5.74) is 2.19. The predicted octanol–water partition coefficient (Wildman–Crippen LogP) is 2.14. The van der Waals surface area contributed by atoms with Crippen LogP contribution in [0.3, 0.4) is 0 Å². The number of carboxylic acids is 1. The van der Waals surface area contributed by atoms with Crippen molar-refractivity contribution in [3.8, 4) is 5.75 Å². The van der Waals surface area contributed by atoms with Crippen molar-refractivity contribution in [2.75, 3.05) is 13.2 Å². The molecule has 0 amide bonds. The summed E-state index contributed by atoms with van der Waals surface area (Å²) in [6.45, 7) is 6.78. The van der Waals surface area contributed by atoms with Crippen molar-refractivity contribution in [2.45, 2.75) is 33.2 Å². The van der Waals surface area contributed by atoms with Gasteiger partial charge >= 0.3 is 5.97 Å². The molecule has 18 heavy (non-hydrogen) atoms. The van der Waals surface area contributed by atoms with E-state index in [9.17, 15) is 4.79 Å². The molecule has 0 spiro atoms. The Labute approximate surface area is 108 Å². The van der Waals surface area contributed by atoms with Gasteiger partial charge < -0.3 is 15.2 Å². The van der Waals surface area contributed by atoms with Gasteiger partial charge in [-0.05, 0) is 38.4 Å². The molecule has 1 atom stereocenters. The Morgan fingerprint density at radius 2 is 2.17 bits per heavy atom. The van der Waals surface area contributed by atoms with Crippen molar-refractivity contribution < 1.29 is 14.6 Å². The molecule has 2 N–H and O–H groups in total. The number of ether oxygens (including phenoxy) is 1. The van der Waals surface area contributed by atoms with E-state index in [4.69, 9.17) is 9.84 Å². The number of hydrogen-bond acceptors (Lipinski definition) is 3. The average Bonchev–Trinajstić information content (AvgIpc) is 2.31. The Hall–Kier alpha value is -1.55. The van der Waals surface area contributed by atoms with Gasteiger partial charge in [0.25, 0.3) is 0 Å². The monoisotopic (exact) mass is 251 g/mol. The van der Waals surface area contributed by atoms with E-state index in [0.717, 1.165) is 17.7 Å². The molecular formula is C14H21NO3. The maximum absolute atomic E-state index is 11.0. The third kappa shape index (κ3) is 4.37. The largest absolute Gasteiger partial charge is 0.491 e. The van der Waals surface area contributed by atoms with Crippen LogP contribution < -0.4 is 10.1 Å². The van der Waals surface area contributed by atoms with Gasteiger partial charge in [0.05, 0.1) is 0 Å². The van der Waals surface area contributed by atoms with E-state index in [2.05, 4.69) is 5.32 Å². The van der Waals surface area contributed by atoms with Crippen LogP contribution in [0, 0.1) is 13.8 Å². The molecule has 0 bridgehead atoms. The molecule has 1 unspecified atom stereocenters. The number of benzene rings is 1. The van der Waals surface area contributed by atoms with E-state index in [0.29, 0.717) is 6.54 Å². The first-order chi connectivity index (χ1) is 8.54. The van der Waals surface area contributed by atoms with E-state index in [1.54, 1.807) is 0 Å². The molecule has 1 aromatic rings. The summed E-state index contributed by atoms with van der Waals surface area (Å²) >= 11 is 0. The number of aryl methyl sites for hydroxylation is 2. The highest BCUT2D eigenvalue weighted by atomic mass is 16.5. The molecule has 0 saturated heterocycles. The first-order valence-electron chi connectivity index (χ1n) is 6.20. The number of carbonyl (C=O) groups is 1. The van der Waals surface area contributed by atoms with Crippen LogP contribution in [-0.2, 0) is 4.79 Å². The third-order valence-corrected chi connectivity index (χ3v) is 2.67. The summed E-state index contributed by atoms with van der Waals surface area (Å²) < 4.78 is 5.57. The summed E-state index contributed by atoms with van der Waals surface area (Å²) in [5.74, 6) is -0.140. The number of rotatable bonds is 7. The minimum absolute atomic E-state index is 0.138. The van der Waals surface area contributed by atoms with Crippen molar-refractivity contribution in [1.82, 2.24) is 5.32 Å². The quantitative estimate of drug-likeness (QED) is 0.779. The van der Waals surface area contributed by atoms with E-state index in [-0.39, 0.29) is 6.61 Å². The number of aliphatic carboxylic acids is 1. The van der Waals surface area contributed by atoms with Crippen LogP contribution >= 0.6 is 0 Å². The van der Waals surface area contributed by atoms with E-state index >= 15 is 0 Å². The fourth-order valence-electron chi connectivity index (χ4n) is 1.67. The average molecular weight is 251 g/mol. The maximum atomic E-state index is 11.0. The lowest BCUT2D eigenvalue weighted by molar-refractivity contribution is -0.140. The summed E-state index contributed by atoms with van der Waals surface area (Å²) in [7, 11) is 0. The molecule has 0 saturated carbocycles. The van der Waals surface area contributed by atoms with Crippen molar-refractivity contribution in [1.29, 1.82) is 0 Å². The van der Waals surface area contributed by atoms with Gasteiger partial charge in [0, 0.05) is 0 Å². The van der Waals surface area contributed by atoms with Gasteiger partial charge in [-0.3, -0.25) is 4.79 Å². The minimum Gasteiger partial charge on any atom is -0.491 e. The first-order valence-corrected chi connectivity index (χ1v) is 6.20.